The first-order valence-electron chi connectivity index (χ1n) is 4.30. The van der Waals surface area contributed by atoms with E-state index >= 15 is 0 Å². The van der Waals surface area contributed by atoms with Crippen molar-refractivity contribution in [2.75, 3.05) is 11.9 Å². The minimum atomic E-state index is 0.606. The number of nitriles is 1. The van der Waals surface area contributed by atoms with Crippen molar-refractivity contribution in [3.63, 3.8) is 0 Å². The molecule has 0 aliphatic heterocycles. The Morgan fingerprint density at radius 3 is 2.93 bits per heavy atom. The highest BCUT2D eigenvalue weighted by Crippen LogP contribution is 2.24. The Bertz CT molecular complexity index is 346. The molecule has 0 aliphatic carbocycles. The van der Waals surface area contributed by atoms with E-state index in [2.05, 4.69) is 62.0 Å². The van der Waals surface area contributed by atoms with Crippen molar-refractivity contribution in [3.8, 4) is 6.07 Å². The van der Waals surface area contributed by atoms with Crippen LogP contribution in [0.5, 0.6) is 0 Å². The summed E-state index contributed by atoms with van der Waals surface area (Å²) in [7, 11) is 0. The van der Waals surface area contributed by atoms with Crippen LogP contribution in [0.2, 0.25) is 0 Å². The molecule has 1 aromatic rings. The van der Waals surface area contributed by atoms with Crippen LogP contribution in [0.15, 0.2) is 22.7 Å². The second kappa shape index (κ2) is 6.25. The lowest BCUT2D eigenvalue weighted by molar-refractivity contribution is 0.897. The standard InChI is InChI=1S/C10H10BrIN2/c11-9-7-8(12)3-4-10(9)14-6-2-1-5-13/h3-4,7,14H,1-2,6H2. The molecule has 0 fully saturated rings. The highest BCUT2D eigenvalue weighted by atomic mass is 127. The predicted octanol–water partition coefficient (Wildman–Crippen LogP) is 3.77. The van der Waals surface area contributed by atoms with E-state index in [9.17, 15) is 0 Å². The van der Waals surface area contributed by atoms with Crippen LogP contribution in [-0.2, 0) is 0 Å². The van der Waals surface area contributed by atoms with Crippen molar-refractivity contribution in [1.29, 1.82) is 5.26 Å². The molecular weight excluding hydrogens is 355 g/mol. The zero-order valence-corrected chi connectivity index (χ0v) is 11.3. The molecule has 1 aromatic carbocycles. The summed E-state index contributed by atoms with van der Waals surface area (Å²) < 4.78 is 2.28. The average molecular weight is 365 g/mol. The van der Waals surface area contributed by atoms with Crippen molar-refractivity contribution < 1.29 is 0 Å². The van der Waals surface area contributed by atoms with Crippen molar-refractivity contribution >= 4 is 44.2 Å². The van der Waals surface area contributed by atoms with Gasteiger partial charge in [-0.25, -0.2) is 0 Å². The normalized spacial score (nSPS) is 9.50. The number of hydrogen-bond donors (Lipinski definition) is 1. The lowest BCUT2D eigenvalue weighted by Crippen LogP contribution is -2.01. The van der Waals surface area contributed by atoms with Gasteiger partial charge in [0.15, 0.2) is 0 Å². The Kier molecular flexibility index (Phi) is 5.26. The lowest BCUT2D eigenvalue weighted by Gasteiger charge is -2.07. The minimum Gasteiger partial charge on any atom is -0.384 e. The molecule has 1 N–H and O–H groups in total. The van der Waals surface area contributed by atoms with Gasteiger partial charge in [-0.1, -0.05) is 0 Å². The van der Waals surface area contributed by atoms with Gasteiger partial charge < -0.3 is 5.32 Å². The van der Waals surface area contributed by atoms with Crippen LogP contribution >= 0.6 is 38.5 Å². The molecule has 2 nitrogen and oxygen atoms in total. The summed E-state index contributed by atoms with van der Waals surface area (Å²) in [6.45, 7) is 0.840. The molecular formula is C10H10BrIN2. The molecule has 1 rings (SSSR count). The first-order chi connectivity index (χ1) is 6.74. The first-order valence-corrected chi connectivity index (χ1v) is 6.17. The van der Waals surface area contributed by atoms with Gasteiger partial charge in [-0.2, -0.15) is 5.26 Å². The lowest BCUT2D eigenvalue weighted by atomic mass is 10.3. The van der Waals surface area contributed by atoms with Crippen LogP contribution in [0.25, 0.3) is 0 Å². The van der Waals surface area contributed by atoms with Crippen molar-refractivity contribution in [1.82, 2.24) is 0 Å². The highest BCUT2D eigenvalue weighted by molar-refractivity contribution is 14.1. The van der Waals surface area contributed by atoms with E-state index in [1.54, 1.807) is 0 Å². The summed E-state index contributed by atoms with van der Waals surface area (Å²) in [5.74, 6) is 0. The van der Waals surface area contributed by atoms with Gasteiger partial charge in [-0.15, -0.1) is 0 Å². The fraction of sp³-hybridized carbons (Fsp3) is 0.300. The maximum atomic E-state index is 8.37. The Morgan fingerprint density at radius 2 is 2.29 bits per heavy atom. The summed E-state index contributed by atoms with van der Waals surface area (Å²) in [5.41, 5.74) is 1.09. The SMILES string of the molecule is N#CCCCNc1ccc(I)cc1Br. The minimum absolute atomic E-state index is 0.606. The van der Waals surface area contributed by atoms with Gasteiger partial charge in [0.05, 0.1) is 6.07 Å². The Labute approximate surface area is 106 Å². The Balaban J connectivity index is 2.47. The van der Waals surface area contributed by atoms with Gasteiger partial charge in [0.1, 0.15) is 0 Å². The fourth-order valence-corrected chi connectivity index (χ4v) is 2.46. The number of halogens is 2. The third-order valence-corrected chi connectivity index (χ3v) is 3.04. The van der Waals surface area contributed by atoms with Crippen LogP contribution in [0.4, 0.5) is 5.69 Å². The molecule has 0 saturated heterocycles. The maximum absolute atomic E-state index is 8.37. The summed E-state index contributed by atoms with van der Waals surface area (Å²) in [6.07, 6.45) is 1.49. The van der Waals surface area contributed by atoms with Gasteiger partial charge in [0, 0.05) is 26.7 Å². The topological polar surface area (TPSA) is 35.8 Å². The summed E-state index contributed by atoms with van der Waals surface area (Å²) in [4.78, 5) is 0. The molecule has 0 spiro atoms. The first kappa shape index (κ1) is 11.8. The number of unbranched alkanes of at least 4 members (excludes halogenated alkanes) is 1. The largest absolute Gasteiger partial charge is 0.384 e. The van der Waals surface area contributed by atoms with Gasteiger partial charge >= 0.3 is 0 Å². The molecule has 14 heavy (non-hydrogen) atoms. The monoisotopic (exact) mass is 364 g/mol. The highest BCUT2D eigenvalue weighted by Gasteiger charge is 1.98. The molecule has 0 aromatic heterocycles. The van der Waals surface area contributed by atoms with E-state index in [-0.39, 0.29) is 0 Å². The number of benzene rings is 1. The van der Waals surface area contributed by atoms with Crippen LogP contribution in [0.1, 0.15) is 12.8 Å². The number of hydrogen-bond acceptors (Lipinski definition) is 2. The van der Waals surface area contributed by atoms with E-state index in [0.29, 0.717) is 6.42 Å². The van der Waals surface area contributed by atoms with Crippen molar-refractivity contribution in [2.45, 2.75) is 12.8 Å². The fourth-order valence-electron chi connectivity index (χ4n) is 1.02. The van der Waals surface area contributed by atoms with Gasteiger partial charge in [0.2, 0.25) is 0 Å². The smallest absolute Gasteiger partial charge is 0.0622 e. The number of nitrogens with one attached hydrogen (secondary N) is 1. The molecule has 0 amide bonds. The van der Waals surface area contributed by atoms with E-state index in [1.807, 2.05) is 6.07 Å². The van der Waals surface area contributed by atoms with Crippen molar-refractivity contribution in [3.05, 3.63) is 26.2 Å². The number of rotatable bonds is 4. The Hall–Kier alpha value is -0.280. The van der Waals surface area contributed by atoms with Gasteiger partial charge in [0.25, 0.3) is 0 Å². The van der Waals surface area contributed by atoms with Crippen LogP contribution < -0.4 is 5.32 Å². The quantitative estimate of drug-likeness (QED) is 0.652. The molecule has 0 unspecified atom stereocenters. The average Bonchev–Trinajstić information content (AvgIpc) is 2.15. The summed E-state index contributed by atoms with van der Waals surface area (Å²) in [5, 5.41) is 11.6. The molecule has 0 atom stereocenters. The van der Waals surface area contributed by atoms with E-state index in [1.165, 1.54) is 3.57 Å². The van der Waals surface area contributed by atoms with E-state index < -0.39 is 0 Å². The third kappa shape index (κ3) is 3.84. The van der Waals surface area contributed by atoms with Crippen LogP contribution in [-0.4, -0.2) is 6.54 Å². The molecule has 4 heteroatoms. The van der Waals surface area contributed by atoms with Crippen LogP contribution in [0, 0.1) is 14.9 Å². The van der Waals surface area contributed by atoms with Gasteiger partial charge in [-0.05, 0) is 63.1 Å². The number of nitrogens with zero attached hydrogens (tertiary/aromatic N) is 1. The van der Waals surface area contributed by atoms with Gasteiger partial charge in [-0.3, -0.25) is 0 Å². The molecule has 0 aliphatic rings. The van der Waals surface area contributed by atoms with E-state index in [0.717, 1.165) is 23.1 Å². The maximum Gasteiger partial charge on any atom is 0.0622 e. The molecule has 0 heterocycles. The zero-order valence-electron chi connectivity index (χ0n) is 7.56. The summed E-state index contributed by atoms with van der Waals surface area (Å²) >= 11 is 5.76. The second-order valence-electron chi connectivity index (χ2n) is 2.81. The summed E-state index contributed by atoms with van der Waals surface area (Å²) in [6, 6.07) is 8.28. The molecule has 0 bridgehead atoms. The Morgan fingerprint density at radius 1 is 1.50 bits per heavy atom. The van der Waals surface area contributed by atoms with Crippen LogP contribution in [0.3, 0.4) is 0 Å². The zero-order chi connectivity index (χ0) is 10.4. The molecule has 0 saturated carbocycles. The second-order valence-corrected chi connectivity index (χ2v) is 4.91. The van der Waals surface area contributed by atoms with Crippen molar-refractivity contribution in [2.24, 2.45) is 0 Å². The molecule has 0 radical (unpaired) electrons. The van der Waals surface area contributed by atoms with E-state index in [4.69, 9.17) is 5.26 Å². The molecule has 74 valence electrons. The number of anilines is 1. The predicted molar refractivity (Wildman–Crippen MR) is 70.2 cm³/mol. The third-order valence-electron chi connectivity index (χ3n) is 1.71.